The summed E-state index contributed by atoms with van der Waals surface area (Å²) in [6, 6.07) is 17.2. The van der Waals surface area contributed by atoms with Crippen LogP contribution in [0.2, 0.25) is 10.0 Å². The molecule has 3 aromatic carbocycles. The highest BCUT2D eigenvalue weighted by Gasteiger charge is 2.34. The van der Waals surface area contributed by atoms with Gasteiger partial charge in [-0.1, -0.05) is 83.7 Å². The first-order valence-electron chi connectivity index (χ1n) is 13.2. The minimum Gasteiger partial charge on any atom is -0.354 e. The number of hydrogen-bond acceptors (Lipinski definition) is 4. The highest BCUT2D eigenvalue weighted by Crippen LogP contribution is 2.29. The molecule has 0 aliphatic rings. The van der Waals surface area contributed by atoms with Gasteiger partial charge in [0, 0.05) is 33.2 Å². The van der Waals surface area contributed by atoms with Crippen molar-refractivity contribution in [2.45, 2.75) is 51.6 Å². The molecule has 1 atom stereocenters. The lowest BCUT2D eigenvalue weighted by Crippen LogP contribution is -2.52. The molecule has 0 bridgehead atoms. The molecule has 0 aromatic heterocycles. The Bertz CT molecular complexity index is 1450. The molecular weight excluding hydrogens is 649 g/mol. The van der Waals surface area contributed by atoms with Crippen LogP contribution < -0.4 is 9.62 Å². The van der Waals surface area contributed by atoms with E-state index in [1.807, 2.05) is 20.8 Å². The molecule has 0 radical (unpaired) electrons. The molecule has 1 N–H and O–H groups in total. The average molecular weight is 683 g/mol. The second-order valence-electron chi connectivity index (χ2n) is 10.1. The van der Waals surface area contributed by atoms with Crippen LogP contribution >= 0.6 is 39.1 Å². The van der Waals surface area contributed by atoms with Gasteiger partial charge in [-0.2, -0.15) is 0 Å². The van der Waals surface area contributed by atoms with Gasteiger partial charge in [0.25, 0.3) is 10.0 Å². The van der Waals surface area contributed by atoms with E-state index in [1.165, 1.54) is 17.0 Å². The topological polar surface area (TPSA) is 86.8 Å². The minimum atomic E-state index is -4.16. The third-order valence-corrected chi connectivity index (χ3v) is 9.49. The summed E-state index contributed by atoms with van der Waals surface area (Å²) < 4.78 is 29.7. The average Bonchev–Trinajstić information content (AvgIpc) is 2.92. The van der Waals surface area contributed by atoms with Gasteiger partial charge in [0.05, 0.1) is 10.6 Å². The molecule has 0 saturated heterocycles. The Hall–Kier alpha value is -2.59. The Morgan fingerprint density at radius 3 is 2.07 bits per heavy atom. The number of halogens is 3. The molecule has 3 rings (SSSR count). The highest BCUT2D eigenvalue weighted by atomic mass is 79.9. The molecular formula is C30H34BrCl2N3O4S. The molecule has 220 valence electrons. The number of rotatable bonds is 12. The van der Waals surface area contributed by atoms with E-state index < -0.39 is 28.5 Å². The van der Waals surface area contributed by atoms with Crippen LogP contribution in [-0.2, 0) is 26.2 Å². The zero-order valence-corrected chi connectivity index (χ0v) is 27.3. The van der Waals surface area contributed by atoms with Crippen molar-refractivity contribution in [3.63, 3.8) is 0 Å². The van der Waals surface area contributed by atoms with Gasteiger partial charge in [-0.25, -0.2) is 8.42 Å². The molecule has 2 amide bonds. The van der Waals surface area contributed by atoms with Gasteiger partial charge in [0.2, 0.25) is 11.8 Å². The third-order valence-electron chi connectivity index (χ3n) is 6.46. The van der Waals surface area contributed by atoms with Gasteiger partial charge in [0.1, 0.15) is 12.6 Å². The molecule has 0 spiro atoms. The lowest BCUT2D eigenvalue weighted by Gasteiger charge is -2.33. The van der Waals surface area contributed by atoms with Crippen molar-refractivity contribution in [2.24, 2.45) is 5.92 Å². The molecule has 0 aliphatic heterocycles. The molecule has 0 fully saturated rings. The zero-order valence-electron chi connectivity index (χ0n) is 23.4. The van der Waals surface area contributed by atoms with E-state index in [9.17, 15) is 18.0 Å². The van der Waals surface area contributed by atoms with E-state index in [0.29, 0.717) is 34.3 Å². The lowest BCUT2D eigenvalue weighted by atomic mass is 10.1. The van der Waals surface area contributed by atoms with E-state index in [1.54, 1.807) is 61.5 Å². The minimum absolute atomic E-state index is 0.0428. The summed E-state index contributed by atoms with van der Waals surface area (Å²) in [5.41, 5.74) is 1.67. The Balaban J connectivity index is 2.08. The molecule has 11 heteroatoms. The van der Waals surface area contributed by atoms with Gasteiger partial charge in [-0.15, -0.1) is 0 Å². The summed E-state index contributed by atoms with van der Waals surface area (Å²) in [4.78, 5) is 28.9. The highest BCUT2D eigenvalue weighted by molar-refractivity contribution is 9.10. The van der Waals surface area contributed by atoms with Crippen LogP contribution in [0, 0.1) is 12.8 Å². The van der Waals surface area contributed by atoms with E-state index in [2.05, 4.69) is 21.2 Å². The molecule has 0 heterocycles. The molecule has 7 nitrogen and oxygen atoms in total. The Kier molecular flexibility index (Phi) is 11.7. The number of sulfonamides is 1. The van der Waals surface area contributed by atoms with Gasteiger partial charge in [0.15, 0.2) is 0 Å². The first-order chi connectivity index (χ1) is 19.3. The third kappa shape index (κ3) is 8.47. The molecule has 0 unspecified atom stereocenters. The summed E-state index contributed by atoms with van der Waals surface area (Å²) >= 11 is 16.3. The number of amides is 2. The Morgan fingerprint density at radius 2 is 1.54 bits per heavy atom. The number of anilines is 1. The summed E-state index contributed by atoms with van der Waals surface area (Å²) in [5, 5.41) is 3.58. The maximum absolute atomic E-state index is 14.1. The second kappa shape index (κ2) is 14.5. The van der Waals surface area contributed by atoms with Crippen molar-refractivity contribution < 1.29 is 18.0 Å². The summed E-state index contributed by atoms with van der Waals surface area (Å²) in [5.74, 6) is -0.716. The van der Waals surface area contributed by atoms with Crippen LogP contribution in [0.5, 0.6) is 0 Å². The van der Waals surface area contributed by atoms with Crippen molar-refractivity contribution in [3.05, 3.63) is 92.4 Å². The largest absolute Gasteiger partial charge is 0.354 e. The van der Waals surface area contributed by atoms with Gasteiger partial charge >= 0.3 is 0 Å². The monoisotopic (exact) mass is 681 g/mol. The van der Waals surface area contributed by atoms with E-state index in [-0.39, 0.29) is 23.3 Å². The number of carbonyl (C=O) groups is 2. The van der Waals surface area contributed by atoms with E-state index in [0.717, 1.165) is 14.3 Å². The lowest BCUT2D eigenvalue weighted by molar-refractivity contribution is -0.140. The van der Waals surface area contributed by atoms with Gasteiger partial charge in [-0.05, 0) is 67.8 Å². The Labute approximate surface area is 261 Å². The first kappa shape index (κ1) is 32.9. The molecule has 0 aliphatic carbocycles. The van der Waals surface area contributed by atoms with E-state index in [4.69, 9.17) is 23.2 Å². The van der Waals surface area contributed by atoms with Crippen molar-refractivity contribution in [2.75, 3.05) is 17.4 Å². The maximum atomic E-state index is 14.1. The predicted molar refractivity (Wildman–Crippen MR) is 169 cm³/mol. The van der Waals surface area contributed by atoms with E-state index >= 15 is 0 Å². The fourth-order valence-electron chi connectivity index (χ4n) is 4.17. The predicted octanol–water partition coefficient (Wildman–Crippen LogP) is 6.84. The fraction of sp³-hybridized carbons (Fsp3) is 0.333. The first-order valence-corrected chi connectivity index (χ1v) is 16.2. The quantitative estimate of drug-likeness (QED) is 0.227. The fourth-order valence-corrected chi connectivity index (χ4v) is 6.36. The van der Waals surface area contributed by atoms with Crippen LogP contribution in [0.3, 0.4) is 0 Å². The smallest absolute Gasteiger partial charge is 0.264 e. The summed E-state index contributed by atoms with van der Waals surface area (Å²) in [6.45, 7) is 7.40. The number of nitrogens with one attached hydrogen (secondary N) is 1. The van der Waals surface area contributed by atoms with Crippen LogP contribution in [0.1, 0.15) is 38.3 Å². The second-order valence-corrected chi connectivity index (χ2v) is 13.7. The number of hydrogen-bond donors (Lipinski definition) is 1. The van der Waals surface area contributed by atoms with Crippen molar-refractivity contribution in [1.29, 1.82) is 0 Å². The van der Waals surface area contributed by atoms with Gasteiger partial charge in [-0.3, -0.25) is 13.9 Å². The molecule has 41 heavy (non-hydrogen) atoms. The zero-order chi connectivity index (χ0) is 30.3. The standard InChI is InChI=1S/C30H34BrCl2N3O4S/c1-5-28(30(38)34-17-20(2)3)35(18-25-26(32)7-6-8-27(25)33)29(37)19-36(23-13-11-22(31)12-14-23)41(39,40)24-15-9-21(4)10-16-24/h6-16,20,28H,5,17-19H2,1-4H3,(H,34,38)/t28-/m1/s1. The summed E-state index contributed by atoms with van der Waals surface area (Å²) in [7, 11) is -4.16. The normalized spacial score (nSPS) is 12.2. The van der Waals surface area contributed by atoms with Crippen molar-refractivity contribution in [1.82, 2.24) is 10.2 Å². The van der Waals surface area contributed by atoms with Crippen LogP contribution in [0.25, 0.3) is 0 Å². The molecule has 0 saturated carbocycles. The van der Waals surface area contributed by atoms with Crippen LogP contribution in [-0.4, -0.2) is 44.3 Å². The van der Waals surface area contributed by atoms with Crippen molar-refractivity contribution in [3.8, 4) is 0 Å². The van der Waals surface area contributed by atoms with Gasteiger partial charge < -0.3 is 10.2 Å². The van der Waals surface area contributed by atoms with Crippen molar-refractivity contribution >= 4 is 66.7 Å². The van der Waals surface area contributed by atoms with Crippen LogP contribution in [0.4, 0.5) is 5.69 Å². The maximum Gasteiger partial charge on any atom is 0.264 e. The number of aryl methyl sites for hydroxylation is 1. The summed E-state index contributed by atoms with van der Waals surface area (Å²) in [6.07, 6.45) is 0.292. The van der Waals surface area contributed by atoms with Crippen LogP contribution in [0.15, 0.2) is 76.1 Å². The molecule has 3 aromatic rings. The SMILES string of the molecule is CC[C@H](C(=O)NCC(C)C)N(Cc1c(Cl)cccc1Cl)C(=O)CN(c1ccc(Br)cc1)S(=O)(=O)c1ccc(C)cc1. The number of carbonyl (C=O) groups excluding carboxylic acids is 2. The number of nitrogens with zero attached hydrogens (tertiary/aromatic N) is 2. The number of benzene rings is 3. The Morgan fingerprint density at radius 1 is 0.951 bits per heavy atom.